The Bertz CT molecular complexity index is 2000. The molecule has 4 aromatic rings. The van der Waals surface area contributed by atoms with Gasteiger partial charge in [-0.1, -0.05) is 13.0 Å². The number of aromatic carboxylic acids is 1. The van der Waals surface area contributed by atoms with E-state index in [0.29, 0.717) is 48.4 Å². The minimum absolute atomic E-state index is 0.113. The predicted molar refractivity (Wildman–Crippen MR) is 186 cm³/mol. The largest absolute Gasteiger partial charge is 0.477 e. The molecule has 12 nitrogen and oxygen atoms in total. The van der Waals surface area contributed by atoms with E-state index in [1.54, 1.807) is 6.07 Å². The van der Waals surface area contributed by atoms with Crippen molar-refractivity contribution in [2.45, 2.75) is 52.0 Å². The van der Waals surface area contributed by atoms with E-state index in [-0.39, 0.29) is 22.6 Å². The number of hydrogen-bond donors (Lipinski definition) is 4. The number of nitrogens with one attached hydrogen (secondary N) is 3. The molecule has 1 aliphatic carbocycles. The number of carboxylic acid groups (broad SMARTS) is 1. The quantitative estimate of drug-likeness (QED) is 0.169. The maximum atomic E-state index is 15.4. The standard InChI is InChI=1S/C35H41FN8O4/c1-3-22-16-23(7-6-21(22)2)38-35-39-32-30(33(46)40-35)37-20-43(32)11-5-4-10-41-12-14-42(15-13-41)29-18-28-25(17-27(29)36)31(45)26(34(47)48)19-44(28)24-8-9-24/h6-7,16-19,24,37H,3-5,8-15,20H2,1-2H3,(H,47,48)(H2,38,39,40,46). The smallest absolute Gasteiger partial charge is 0.341 e. The second-order valence-electron chi connectivity index (χ2n) is 13.0. The number of benzene rings is 2. The van der Waals surface area contributed by atoms with Crippen LogP contribution in [0.3, 0.4) is 0 Å². The SMILES string of the molecule is CCc1cc(Nc2nc3c(c(=O)[nH]2)NCN3CCCCN2CCN(c3cc4c(cc3F)c(=O)c(C(=O)O)cn4C3CC3)CC2)ccc1C. The van der Waals surface area contributed by atoms with Gasteiger partial charge in [0.1, 0.15) is 17.1 Å². The van der Waals surface area contributed by atoms with E-state index >= 15 is 4.39 Å². The molecule has 2 fully saturated rings. The first-order valence-corrected chi connectivity index (χ1v) is 16.8. The van der Waals surface area contributed by atoms with Gasteiger partial charge in [0.2, 0.25) is 11.4 Å². The van der Waals surface area contributed by atoms with Crippen molar-refractivity contribution in [3.8, 4) is 0 Å². The second-order valence-corrected chi connectivity index (χ2v) is 13.0. The first-order chi connectivity index (χ1) is 23.2. The molecule has 2 aromatic heterocycles. The molecule has 3 aliphatic rings. The molecule has 0 bridgehead atoms. The molecule has 2 aromatic carbocycles. The average Bonchev–Trinajstić information content (AvgIpc) is 3.84. The molecular formula is C35H41FN8O4. The number of aromatic amines is 1. The fourth-order valence-corrected chi connectivity index (χ4v) is 6.87. The minimum Gasteiger partial charge on any atom is -0.477 e. The Morgan fingerprint density at radius 2 is 1.85 bits per heavy atom. The van der Waals surface area contributed by atoms with Crippen molar-refractivity contribution in [1.29, 1.82) is 0 Å². The van der Waals surface area contributed by atoms with Gasteiger partial charge in [0, 0.05) is 56.0 Å². The number of H-pyrrole nitrogens is 1. The third-order valence-corrected chi connectivity index (χ3v) is 9.78. The Balaban J connectivity index is 0.942. The lowest BCUT2D eigenvalue weighted by Gasteiger charge is -2.36. The Morgan fingerprint density at radius 3 is 2.58 bits per heavy atom. The number of carboxylic acids is 1. The topological polar surface area (TPSA) is 139 Å². The van der Waals surface area contributed by atoms with E-state index in [1.165, 1.54) is 23.4 Å². The Morgan fingerprint density at radius 1 is 1.08 bits per heavy atom. The summed E-state index contributed by atoms with van der Waals surface area (Å²) in [5.41, 5.74) is 3.71. The summed E-state index contributed by atoms with van der Waals surface area (Å²) in [7, 11) is 0. The molecule has 4 heterocycles. The van der Waals surface area contributed by atoms with Crippen LogP contribution >= 0.6 is 0 Å². The van der Waals surface area contributed by atoms with Crippen molar-refractivity contribution >= 4 is 45.7 Å². The number of piperazine rings is 1. The molecule has 4 N–H and O–H groups in total. The van der Waals surface area contributed by atoms with Crippen molar-refractivity contribution in [1.82, 2.24) is 19.4 Å². The predicted octanol–water partition coefficient (Wildman–Crippen LogP) is 4.66. The summed E-state index contributed by atoms with van der Waals surface area (Å²) in [6.45, 7) is 9.26. The highest BCUT2D eigenvalue weighted by Gasteiger charge is 2.29. The van der Waals surface area contributed by atoms with Crippen LogP contribution in [-0.4, -0.2) is 76.4 Å². The third-order valence-electron chi connectivity index (χ3n) is 9.78. The number of unbranched alkanes of at least 4 members (excludes halogenated alkanes) is 1. The van der Waals surface area contributed by atoms with Gasteiger partial charge in [-0.05, 0) is 81.0 Å². The van der Waals surface area contributed by atoms with E-state index in [9.17, 15) is 19.5 Å². The van der Waals surface area contributed by atoms with E-state index in [4.69, 9.17) is 4.98 Å². The summed E-state index contributed by atoms with van der Waals surface area (Å²) >= 11 is 0. The summed E-state index contributed by atoms with van der Waals surface area (Å²) in [6.07, 6.45) is 6.04. The highest BCUT2D eigenvalue weighted by atomic mass is 19.1. The Labute approximate surface area is 277 Å². The van der Waals surface area contributed by atoms with Crippen LogP contribution in [0.4, 0.5) is 33.2 Å². The summed E-state index contributed by atoms with van der Waals surface area (Å²) in [5.74, 6) is -0.731. The van der Waals surface area contributed by atoms with Gasteiger partial charge >= 0.3 is 5.97 Å². The third kappa shape index (κ3) is 6.21. The molecule has 0 amide bonds. The lowest BCUT2D eigenvalue weighted by atomic mass is 10.1. The van der Waals surface area contributed by atoms with Crippen LogP contribution in [0.1, 0.15) is 60.1 Å². The molecule has 0 spiro atoms. The van der Waals surface area contributed by atoms with Gasteiger partial charge in [0.05, 0.1) is 17.9 Å². The normalized spacial score (nSPS) is 16.3. The fourth-order valence-electron chi connectivity index (χ4n) is 6.87. The lowest BCUT2D eigenvalue weighted by Crippen LogP contribution is -2.47. The number of aromatic nitrogens is 3. The summed E-state index contributed by atoms with van der Waals surface area (Å²) in [5, 5.41) is 16.1. The number of fused-ring (bicyclic) bond motifs is 2. The van der Waals surface area contributed by atoms with Gasteiger partial charge in [0.15, 0.2) is 5.82 Å². The fraction of sp³-hybridized carbons (Fsp3) is 0.429. The van der Waals surface area contributed by atoms with E-state index in [0.717, 1.165) is 64.0 Å². The zero-order valence-electron chi connectivity index (χ0n) is 27.3. The minimum atomic E-state index is -1.29. The monoisotopic (exact) mass is 656 g/mol. The van der Waals surface area contributed by atoms with Crippen molar-refractivity contribution < 1.29 is 14.3 Å². The van der Waals surface area contributed by atoms with Crippen LogP contribution in [0, 0.1) is 12.7 Å². The van der Waals surface area contributed by atoms with Crippen LogP contribution in [0.2, 0.25) is 0 Å². The van der Waals surface area contributed by atoms with Crippen molar-refractivity contribution in [2.24, 2.45) is 0 Å². The summed E-state index contributed by atoms with van der Waals surface area (Å²) in [6, 6.07) is 9.20. The van der Waals surface area contributed by atoms with Crippen molar-refractivity contribution in [3.63, 3.8) is 0 Å². The number of rotatable bonds is 11. The molecule has 0 unspecified atom stereocenters. The van der Waals surface area contributed by atoms with Gasteiger partial charge in [-0.3, -0.25) is 19.5 Å². The van der Waals surface area contributed by atoms with Gasteiger partial charge in [0.25, 0.3) is 5.56 Å². The van der Waals surface area contributed by atoms with Gasteiger partial charge in [-0.15, -0.1) is 0 Å². The molecule has 2 aliphatic heterocycles. The number of carbonyl (C=O) groups is 1. The lowest BCUT2D eigenvalue weighted by molar-refractivity contribution is 0.0695. The van der Waals surface area contributed by atoms with Crippen LogP contribution in [0.5, 0.6) is 0 Å². The zero-order chi connectivity index (χ0) is 33.5. The van der Waals surface area contributed by atoms with Gasteiger partial charge < -0.3 is 30.1 Å². The maximum Gasteiger partial charge on any atom is 0.341 e. The molecule has 252 valence electrons. The number of pyridine rings is 1. The Kier molecular flexibility index (Phi) is 8.54. The number of hydrogen-bond acceptors (Lipinski definition) is 9. The molecular weight excluding hydrogens is 615 g/mol. The molecule has 7 rings (SSSR count). The number of nitrogens with zero attached hydrogens (tertiary/aromatic N) is 5. The number of halogens is 1. The summed E-state index contributed by atoms with van der Waals surface area (Å²) < 4.78 is 17.2. The molecule has 1 saturated carbocycles. The highest BCUT2D eigenvalue weighted by molar-refractivity contribution is 5.93. The first kappa shape index (κ1) is 31.7. The van der Waals surface area contributed by atoms with Crippen LogP contribution in [-0.2, 0) is 6.42 Å². The average molecular weight is 657 g/mol. The summed E-state index contributed by atoms with van der Waals surface area (Å²) in [4.78, 5) is 51.4. The van der Waals surface area contributed by atoms with Crippen LogP contribution < -0.4 is 31.4 Å². The Hall–Kier alpha value is -4.91. The van der Waals surface area contributed by atoms with E-state index in [1.807, 2.05) is 15.5 Å². The van der Waals surface area contributed by atoms with Crippen LogP contribution in [0.25, 0.3) is 10.9 Å². The molecule has 0 radical (unpaired) electrons. The molecule has 0 atom stereocenters. The van der Waals surface area contributed by atoms with Gasteiger partial charge in [-0.25, -0.2) is 9.18 Å². The van der Waals surface area contributed by atoms with Crippen molar-refractivity contribution in [3.05, 3.63) is 79.6 Å². The van der Waals surface area contributed by atoms with E-state index < -0.39 is 17.2 Å². The van der Waals surface area contributed by atoms with Crippen molar-refractivity contribution in [2.75, 3.05) is 66.4 Å². The van der Waals surface area contributed by atoms with E-state index in [2.05, 4.69) is 51.4 Å². The molecule has 13 heteroatoms. The molecule has 1 saturated heterocycles. The first-order valence-electron chi connectivity index (χ1n) is 16.8. The number of anilines is 5. The zero-order valence-corrected chi connectivity index (χ0v) is 27.3. The molecule has 48 heavy (non-hydrogen) atoms. The highest BCUT2D eigenvalue weighted by Crippen LogP contribution is 2.38. The van der Waals surface area contributed by atoms with Crippen LogP contribution in [0.15, 0.2) is 46.1 Å². The maximum absolute atomic E-state index is 15.4. The number of aryl methyl sites for hydroxylation is 2. The van der Waals surface area contributed by atoms with Gasteiger partial charge in [-0.2, -0.15) is 4.98 Å². The second kappa shape index (κ2) is 12.9.